The van der Waals surface area contributed by atoms with Crippen LogP contribution in [0.3, 0.4) is 0 Å². The van der Waals surface area contributed by atoms with E-state index in [9.17, 15) is 0 Å². The zero-order valence-electron chi connectivity index (χ0n) is 29.6. The highest BCUT2D eigenvalue weighted by atomic mass is 16.3. The number of rotatable bonds is 5. The summed E-state index contributed by atoms with van der Waals surface area (Å²) >= 11 is 0. The third-order valence-electron chi connectivity index (χ3n) is 10.8. The minimum Gasteiger partial charge on any atom is -0.455 e. The van der Waals surface area contributed by atoms with Crippen LogP contribution in [0, 0.1) is 0 Å². The van der Waals surface area contributed by atoms with Gasteiger partial charge in [-0.15, -0.1) is 0 Å². The molecule has 55 heavy (non-hydrogen) atoms. The lowest BCUT2D eigenvalue weighted by molar-refractivity contribution is 0.669. The summed E-state index contributed by atoms with van der Waals surface area (Å²) in [5.74, 6) is 1.40. The van der Waals surface area contributed by atoms with E-state index in [1.54, 1.807) is 0 Å². The fourth-order valence-corrected chi connectivity index (χ4v) is 8.18. The summed E-state index contributed by atoms with van der Waals surface area (Å²) < 4.78 is 6.76. The van der Waals surface area contributed by atoms with Gasteiger partial charge >= 0.3 is 0 Å². The van der Waals surface area contributed by atoms with E-state index < -0.39 is 0 Å². The molecule has 0 fully saturated rings. The summed E-state index contributed by atoms with van der Waals surface area (Å²) in [5, 5.41) is 12.9. The highest BCUT2D eigenvalue weighted by Crippen LogP contribution is 2.41. The molecule has 0 radical (unpaired) electrons. The van der Waals surface area contributed by atoms with Crippen LogP contribution in [0.5, 0.6) is 0 Å². The van der Waals surface area contributed by atoms with Gasteiger partial charge in [-0.3, -0.25) is 4.98 Å². The van der Waals surface area contributed by atoms with E-state index in [4.69, 9.17) is 19.4 Å². The van der Waals surface area contributed by atoms with E-state index in [-0.39, 0.29) is 6.17 Å². The van der Waals surface area contributed by atoms with E-state index >= 15 is 0 Å². The molecule has 5 nitrogen and oxygen atoms in total. The monoisotopic (exact) mass is 704 g/mol. The van der Waals surface area contributed by atoms with Gasteiger partial charge in [0, 0.05) is 39.9 Å². The Morgan fingerprint density at radius 3 is 1.78 bits per heavy atom. The molecular weight excluding hydrogens is 673 g/mol. The molecule has 10 aromatic rings. The number of fused-ring (bicyclic) bond motifs is 9. The first-order chi connectivity index (χ1) is 27.3. The fourth-order valence-electron chi connectivity index (χ4n) is 8.18. The van der Waals surface area contributed by atoms with Gasteiger partial charge in [-0.1, -0.05) is 158 Å². The highest BCUT2D eigenvalue weighted by molar-refractivity contribution is 6.26. The second kappa shape index (κ2) is 12.6. The quantitative estimate of drug-likeness (QED) is 0.181. The summed E-state index contributed by atoms with van der Waals surface area (Å²) in [6.45, 7) is 0. The number of hydrogen-bond donors (Lipinski definition) is 1. The lowest BCUT2D eigenvalue weighted by atomic mass is 9.92. The second-order valence-electron chi connectivity index (χ2n) is 14.0. The Labute approximate surface area is 317 Å². The number of furan rings is 1. The second-order valence-corrected chi connectivity index (χ2v) is 14.0. The lowest BCUT2D eigenvalue weighted by Crippen LogP contribution is -2.33. The van der Waals surface area contributed by atoms with Gasteiger partial charge in [0.05, 0.1) is 0 Å². The molecule has 0 saturated heterocycles. The molecule has 5 heteroatoms. The topological polar surface area (TPSA) is 62.8 Å². The van der Waals surface area contributed by atoms with Gasteiger partial charge in [0.1, 0.15) is 23.2 Å². The molecular formula is C50H32N4O. The van der Waals surface area contributed by atoms with Crippen molar-refractivity contribution in [2.24, 2.45) is 9.98 Å². The molecule has 0 saturated carbocycles. The first-order valence-corrected chi connectivity index (χ1v) is 18.5. The molecule has 0 bridgehead atoms. The average molecular weight is 705 g/mol. The smallest absolute Gasteiger partial charge is 0.160 e. The standard InChI is InChI=1S/C50H32N4O/c1-3-12-31(13-4-1)32-22-24-34(25-23-32)49-52-48(33-14-5-2-6-15-33)53-50(54-49)41-20-11-21-45-46(41)44-30-51-29-43(47(44)55-45)35-26-27-40-38-18-8-7-16-36(38)37-17-9-10-19-39(37)42(40)28-35/h1-30,48H,(H,52,53,54). The van der Waals surface area contributed by atoms with Crippen LogP contribution in [-0.4, -0.2) is 16.7 Å². The van der Waals surface area contributed by atoms with Crippen LogP contribution >= 0.6 is 0 Å². The first kappa shape index (κ1) is 31.2. The molecule has 1 unspecified atom stereocenters. The van der Waals surface area contributed by atoms with E-state index in [1.165, 1.54) is 37.9 Å². The zero-order valence-corrected chi connectivity index (χ0v) is 29.6. The van der Waals surface area contributed by atoms with Gasteiger partial charge in [0.25, 0.3) is 0 Å². The number of hydrogen-bond acceptors (Lipinski definition) is 5. The van der Waals surface area contributed by atoms with Crippen LogP contribution < -0.4 is 5.32 Å². The van der Waals surface area contributed by atoms with Crippen LogP contribution in [0.1, 0.15) is 22.9 Å². The number of amidine groups is 2. The molecule has 11 rings (SSSR count). The lowest BCUT2D eigenvalue weighted by Gasteiger charge is -2.24. The molecule has 0 amide bonds. The maximum absolute atomic E-state index is 6.76. The Morgan fingerprint density at radius 2 is 1.05 bits per heavy atom. The molecule has 8 aromatic carbocycles. The molecule has 1 N–H and O–H groups in total. The predicted octanol–water partition coefficient (Wildman–Crippen LogP) is 12.3. The van der Waals surface area contributed by atoms with Crippen LogP contribution in [0.25, 0.3) is 76.5 Å². The van der Waals surface area contributed by atoms with Crippen molar-refractivity contribution in [3.63, 3.8) is 0 Å². The third-order valence-corrected chi connectivity index (χ3v) is 10.8. The first-order valence-electron chi connectivity index (χ1n) is 18.5. The summed E-state index contributed by atoms with van der Waals surface area (Å²) in [6.07, 6.45) is 3.49. The van der Waals surface area contributed by atoms with Gasteiger partial charge in [0.2, 0.25) is 0 Å². The van der Waals surface area contributed by atoms with Crippen molar-refractivity contribution in [2.75, 3.05) is 0 Å². The summed E-state index contributed by atoms with van der Waals surface area (Å²) in [6, 6.07) is 59.4. The largest absolute Gasteiger partial charge is 0.455 e. The van der Waals surface area contributed by atoms with E-state index in [1.807, 2.05) is 48.8 Å². The maximum Gasteiger partial charge on any atom is 0.160 e. The summed E-state index contributed by atoms with van der Waals surface area (Å²) in [4.78, 5) is 15.2. The van der Waals surface area contributed by atoms with Gasteiger partial charge in [-0.25, -0.2) is 9.98 Å². The SMILES string of the molecule is c1ccc(-c2ccc(C3=NC(c4cccc5oc6c(-c7ccc8c9ccccc9c9ccccc9c8c7)cncc6c45)=NC(c4ccccc4)N3)cc2)cc1. The molecule has 1 aliphatic heterocycles. The Bertz CT molecular complexity index is 3130. The van der Waals surface area contributed by atoms with Crippen molar-refractivity contribution < 1.29 is 4.42 Å². The van der Waals surface area contributed by atoms with Crippen molar-refractivity contribution in [3.8, 4) is 22.3 Å². The zero-order chi connectivity index (χ0) is 36.3. The van der Waals surface area contributed by atoms with Gasteiger partial charge in [0.15, 0.2) is 5.84 Å². The van der Waals surface area contributed by atoms with Crippen molar-refractivity contribution >= 4 is 65.9 Å². The Kier molecular flexibility index (Phi) is 7.17. The number of aliphatic imine (C=N–C) groups is 2. The van der Waals surface area contributed by atoms with Gasteiger partial charge in [-0.05, 0) is 66.7 Å². The van der Waals surface area contributed by atoms with Gasteiger partial charge in [-0.2, -0.15) is 0 Å². The Hall–Kier alpha value is -7.37. The molecule has 3 heterocycles. The Morgan fingerprint density at radius 1 is 0.455 bits per heavy atom. The molecule has 1 aliphatic rings. The maximum atomic E-state index is 6.76. The molecule has 2 aromatic heterocycles. The normalized spacial score (nSPS) is 14.4. The van der Waals surface area contributed by atoms with Crippen LogP contribution in [0.4, 0.5) is 0 Å². The van der Waals surface area contributed by atoms with Crippen LogP contribution in [0.15, 0.2) is 197 Å². The van der Waals surface area contributed by atoms with Crippen molar-refractivity contribution in [1.82, 2.24) is 10.3 Å². The van der Waals surface area contributed by atoms with Crippen molar-refractivity contribution in [1.29, 1.82) is 0 Å². The van der Waals surface area contributed by atoms with Crippen molar-refractivity contribution in [2.45, 2.75) is 6.17 Å². The van der Waals surface area contributed by atoms with Crippen LogP contribution in [0.2, 0.25) is 0 Å². The van der Waals surface area contributed by atoms with E-state index in [2.05, 4.69) is 139 Å². The molecule has 0 spiro atoms. The van der Waals surface area contributed by atoms with Crippen molar-refractivity contribution in [3.05, 3.63) is 199 Å². The predicted molar refractivity (Wildman–Crippen MR) is 227 cm³/mol. The summed E-state index contributed by atoms with van der Waals surface area (Å²) in [7, 11) is 0. The molecule has 0 aliphatic carbocycles. The molecule has 1 atom stereocenters. The number of aromatic nitrogens is 1. The summed E-state index contributed by atoms with van der Waals surface area (Å²) in [5.41, 5.74) is 8.81. The van der Waals surface area contributed by atoms with E-state index in [0.29, 0.717) is 5.84 Å². The average Bonchev–Trinajstić information content (AvgIpc) is 3.66. The number of pyridine rings is 1. The minimum absolute atomic E-state index is 0.330. The Balaban J connectivity index is 1.07. The van der Waals surface area contributed by atoms with E-state index in [0.717, 1.165) is 61.2 Å². The number of benzene rings is 8. The van der Waals surface area contributed by atoms with Gasteiger partial charge < -0.3 is 9.73 Å². The number of nitrogens with zero attached hydrogens (tertiary/aromatic N) is 3. The third kappa shape index (κ3) is 5.20. The minimum atomic E-state index is -0.330. The van der Waals surface area contributed by atoms with Crippen LogP contribution in [-0.2, 0) is 0 Å². The highest BCUT2D eigenvalue weighted by Gasteiger charge is 2.24. The molecule has 258 valence electrons. The fraction of sp³-hybridized carbons (Fsp3) is 0.0200. The number of nitrogens with one attached hydrogen (secondary N) is 1.